The highest BCUT2D eigenvalue weighted by molar-refractivity contribution is 5.94. The summed E-state index contributed by atoms with van der Waals surface area (Å²) in [5.41, 5.74) is 0.649. The Balaban J connectivity index is 2.07. The maximum atomic E-state index is 12.3. The molecule has 0 aliphatic carbocycles. The number of nitrogens with zero attached hydrogens (tertiary/aromatic N) is 1. The Morgan fingerprint density at radius 3 is 2.68 bits per heavy atom. The summed E-state index contributed by atoms with van der Waals surface area (Å²) in [5.74, 6) is 0.763. The van der Waals surface area contributed by atoms with Crippen LogP contribution in [-0.4, -0.2) is 41.2 Å². The zero-order valence-corrected chi connectivity index (χ0v) is 11.5. The zero-order chi connectivity index (χ0) is 13.8. The molecule has 1 amide bonds. The molecule has 1 atom stereocenters. The van der Waals surface area contributed by atoms with Gasteiger partial charge in [-0.15, -0.1) is 0 Å². The van der Waals surface area contributed by atoms with Crippen molar-refractivity contribution in [3.8, 4) is 5.75 Å². The molecule has 1 heterocycles. The smallest absolute Gasteiger partial charge is 0.254 e. The number of aliphatic hydroxyl groups excluding tert-OH is 1. The zero-order valence-electron chi connectivity index (χ0n) is 11.5. The summed E-state index contributed by atoms with van der Waals surface area (Å²) >= 11 is 0. The van der Waals surface area contributed by atoms with E-state index < -0.39 is 0 Å². The normalized spacial score (nSPS) is 18.9. The first kappa shape index (κ1) is 13.9. The van der Waals surface area contributed by atoms with Crippen molar-refractivity contribution >= 4 is 5.91 Å². The standard InChI is InChI=1S/C15H21NO3/c1-11(2)19-14-7-5-12(6-8-14)15(18)16-9-3-4-13(16)10-17/h5-8,11,13,17H,3-4,9-10H2,1-2H3/t13-/m0/s1. The monoisotopic (exact) mass is 263 g/mol. The van der Waals surface area contributed by atoms with Crippen LogP contribution in [0.25, 0.3) is 0 Å². The molecule has 0 spiro atoms. The van der Waals surface area contributed by atoms with Gasteiger partial charge in [-0.25, -0.2) is 0 Å². The minimum absolute atomic E-state index is 0.00681. The minimum atomic E-state index is -0.0286. The maximum absolute atomic E-state index is 12.3. The third-order valence-electron chi connectivity index (χ3n) is 3.32. The molecule has 4 heteroatoms. The van der Waals surface area contributed by atoms with Crippen LogP contribution in [0.1, 0.15) is 37.0 Å². The average Bonchev–Trinajstić information content (AvgIpc) is 2.86. The number of hydrogen-bond acceptors (Lipinski definition) is 3. The van der Waals surface area contributed by atoms with Crippen LogP contribution < -0.4 is 4.74 Å². The minimum Gasteiger partial charge on any atom is -0.491 e. The predicted molar refractivity (Wildman–Crippen MR) is 73.4 cm³/mol. The summed E-state index contributed by atoms with van der Waals surface area (Å²) in [4.78, 5) is 14.1. The SMILES string of the molecule is CC(C)Oc1ccc(C(=O)N2CCC[C@H]2CO)cc1. The number of amides is 1. The van der Waals surface area contributed by atoms with Gasteiger partial charge < -0.3 is 14.7 Å². The fourth-order valence-corrected chi connectivity index (χ4v) is 2.41. The number of ether oxygens (including phenoxy) is 1. The van der Waals surface area contributed by atoms with Gasteiger partial charge in [0, 0.05) is 12.1 Å². The number of carbonyl (C=O) groups is 1. The van der Waals surface area contributed by atoms with Crippen molar-refractivity contribution in [3.63, 3.8) is 0 Å². The van der Waals surface area contributed by atoms with E-state index in [0.29, 0.717) is 5.56 Å². The molecular weight excluding hydrogens is 242 g/mol. The number of carbonyl (C=O) groups excluding carboxylic acids is 1. The number of hydrogen-bond donors (Lipinski definition) is 1. The Hall–Kier alpha value is -1.55. The lowest BCUT2D eigenvalue weighted by Crippen LogP contribution is -2.37. The van der Waals surface area contributed by atoms with Crippen LogP contribution in [0.5, 0.6) is 5.75 Å². The average molecular weight is 263 g/mol. The second kappa shape index (κ2) is 6.06. The van der Waals surface area contributed by atoms with Gasteiger partial charge in [0.25, 0.3) is 5.91 Å². The summed E-state index contributed by atoms with van der Waals surface area (Å²) in [7, 11) is 0. The van der Waals surface area contributed by atoms with Crippen LogP contribution in [-0.2, 0) is 0 Å². The van der Waals surface area contributed by atoms with Crippen LogP contribution in [0.4, 0.5) is 0 Å². The van der Waals surface area contributed by atoms with Gasteiger partial charge in [0.1, 0.15) is 5.75 Å². The lowest BCUT2D eigenvalue weighted by atomic mass is 10.1. The van der Waals surface area contributed by atoms with Crippen molar-refractivity contribution in [3.05, 3.63) is 29.8 Å². The molecular formula is C15H21NO3. The molecule has 1 aliphatic rings. The van der Waals surface area contributed by atoms with Gasteiger partial charge in [0.05, 0.1) is 18.8 Å². The fraction of sp³-hybridized carbons (Fsp3) is 0.533. The van der Waals surface area contributed by atoms with Crippen LogP contribution in [0, 0.1) is 0 Å². The van der Waals surface area contributed by atoms with Crippen molar-refractivity contribution in [1.29, 1.82) is 0 Å². The molecule has 1 fully saturated rings. The van der Waals surface area contributed by atoms with E-state index in [4.69, 9.17) is 4.74 Å². The van der Waals surface area contributed by atoms with E-state index in [9.17, 15) is 9.90 Å². The summed E-state index contributed by atoms with van der Waals surface area (Å²) in [6, 6.07) is 7.17. The topological polar surface area (TPSA) is 49.8 Å². The molecule has 19 heavy (non-hydrogen) atoms. The molecule has 2 rings (SSSR count). The van der Waals surface area contributed by atoms with Gasteiger partial charge in [-0.3, -0.25) is 4.79 Å². The molecule has 0 saturated carbocycles. The summed E-state index contributed by atoms with van der Waals surface area (Å²) < 4.78 is 5.55. The van der Waals surface area contributed by atoms with E-state index >= 15 is 0 Å². The lowest BCUT2D eigenvalue weighted by Gasteiger charge is -2.23. The highest BCUT2D eigenvalue weighted by atomic mass is 16.5. The largest absolute Gasteiger partial charge is 0.491 e. The van der Waals surface area contributed by atoms with Gasteiger partial charge in [0.15, 0.2) is 0 Å². The molecule has 1 aromatic carbocycles. The molecule has 4 nitrogen and oxygen atoms in total. The molecule has 0 bridgehead atoms. The first-order chi connectivity index (χ1) is 9.11. The van der Waals surface area contributed by atoms with Crippen molar-refractivity contribution in [1.82, 2.24) is 4.90 Å². The third-order valence-corrected chi connectivity index (χ3v) is 3.32. The molecule has 0 aromatic heterocycles. The second-order valence-electron chi connectivity index (χ2n) is 5.17. The predicted octanol–water partition coefficient (Wildman–Crippen LogP) is 2.07. The summed E-state index contributed by atoms with van der Waals surface area (Å²) in [6.07, 6.45) is 1.97. The fourth-order valence-electron chi connectivity index (χ4n) is 2.41. The van der Waals surface area contributed by atoms with E-state index in [-0.39, 0.29) is 24.7 Å². The number of likely N-dealkylation sites (tertiary alicyclic amines) is 1. The van der Waals surface area contributed by atoms with Crippen LogP contribution in [0.3, 0.4) is 0 Å². The van der Waals surface area contributed by atoms with Crippen molar-refractivity contribution in [2.24, 2.45) is 0 Å². The number of benzene rings is 1. The Bertz CT molecular complexity index is 428. The van der Waals surface area contributed by atoms with Crippen LogP contribution in [0.15, 0.2) is 24.3 Å². The molecule has 104 valence electrons. The molecule has 1 aromatic rings. The third kappa shape index (κ3) is 3.26. The number of aliphatic hydroxyl groups is 1. The highest BCUT2D eigenvalue weighted by Crippen LogP contribution is 2.21. The molecule has 1 aliphatic heterocycles. The van der Waals surface area contributed by atoms with E-state index in [1.807, 2.05) is 26.0 Å². The Labute approximate surface area is 114 Å². The Kier molecular flexibility index (Phi) is 4.43. The van der Waals surface area contributed by atoms with Crippen molar-refractivity contribution < 1.29 is 14.6 Å². The quantitative estimate of drug-likeness (QED) is 0.904. The Morgan fingerprint density at radius 1 is 1.42 bits per heavy atom. The molecule has 1 saturated heterocycles. The van der Waals surface area contributed by atoms with E-state index in [0.717, 1.165) is 25.1 Å². The summed E-state index contributed by atoms with van der Waals surface area (Å²) in [5, 5.41) is 9.26. The number of rotatable bonds is 4. The molecule has 0 radical (unpaired) electrons. The molecule has 0 unspecified atom stereocenters. The second-order valence-corrected chi connectivity index (χ2v) is 5.17. The van der Waals surface area contributed by atoms with Crippen molar-refractivity contribution in [2.45, 2.75) is 38.8 Å². The van der Waals surface area contributed by atoms with Gasteiger partial charge >= 0.3 is 0 Å². The first-order valence-electron chi connectivity index (χ1n) is 6.80. The highest BCUT2D eigenvalue weighted by Gasteiger charge is 2.28. The van der Waals surface area contributed by atoms with Crippen LogP contribution >= 0.6 is 0 Å². The Morgan fingerprint density at radius 2 is 2.11 bits per heavy atom. The van der Waals surface area contributed by atoms with Crippen LogP contribution in [0.2, 0.25) is 0 Å². The van der Waals surface area contributed by atoms with E-state index in [1.54, 1.807) is 17.0 Å². The maximum Gasteiger partial charge on any atom is 0.254 e. The van der Waals surface area contributed by atoms with Gasteiger partial charge in [-0.2, -0.15) is 0 Å². The first-order valence-corrected chi connectivity index (χ1v) is 6.80. The van der Waals surface area contributed by atoms with E-state index in [1.165, 1.54) is 0 Å². The van der Waals surface area contributed by atoms with Gasteiger partial charge in [0.2, 0.25) is 0 Å². The van der Waals surface area contributed by atoms with Crippen molar-refractivity contribution in [2.75, 3.05) is 13.2 Å². The van der Waals surface area contributed by atoms with Gasteiger partial charge in [-0.05, 0) is 51.0 Å². The summed E-state index contributed by atoms with van der Waals surface area (Å²) in [6.45, 7) is 4.71. The molecule has 1 N–H and O–H groups in total. The van der Waals surface area contributed by atoms with E-state index in [2.05, 4.69) is 0 Å². The lowest BCUT2D eigenvalue weighted by molar-refractivity contribution is 0.0677. The van der Waals surface area contributed by atoms with Gasteiger partial charge in [-0.1, -0.05) is 0 Å².